The molecule has 1 amide bonds. The van der Waals surface area contributed by atoms with Gasteiger partial charge in [0.2, 0.25) is 0 Å². The summed E-state index contributed by atoms with van der Waals surface area (Å²) in [6.45, 7) is 0. The summed E-state index contributed by atoms with van der Waals surface area (Å²) >= 11 is 0. The standard InChI is InChI=1S/C6H11NO3/c8-5-3-1-2-4(5)7-6(9)10/h4-5,7-8H,1-3H2,(H,9,10)/t4-,5-/m0/s1. The van der Waals surface area contributed by atoms with Crippen molar-refractivity contribution in [1.29, 1.82) is 0 Å². The van der Waals surface area contributed by atoms with Gasteiger partial charge in [0.1, 0.15) is 0 Å². The van der Waals surface area contributed by atoms with Crippen LogP contribution in [0.4, 0.5) is 4.79 Å². The maximum absolute atomic E-state index is 10.1. The molecule has 0 aromatic heterocycles. The van der Waals surface area contributed by atoms with E-state index in [1.165, 1.54) is 0 Å². The Balaban J connectivity index is 2.33. The maximum Gasteiger partial charge on any atom is 0.404 e. The van der Waals surface area contributed by atoms with Crippen molar-refractivity contribution in [2.75, 3.05) is 0 Å². The van der Waals surface area contributed by atoms with Gasteiger partial charge in [0, 0.05) is 0 Å². The third-order valence-electron chi connectivity index (χ3n) is 1.79. The molecule has 0 bridgehead atoms. The Morgan fingerprint density at radius 1 is 1.50 bits per heavy atom. The first-order chi connectivity index (χ1) is 4.70. The Kier molecular flexibility index (Phi) is 2.11. The average molecular weight is 145 g/mol. The van der Waals surface area contributed by atoms with Crippen LogP contribution in [0.25, 0.3) is 0 Å². The molecule has 4 nitrogen and oxygen atoms in total. The normalized spacial score (nSPS) is 32.1. The highest BCUT2D eigenvalue weighted by molar-refractivity contribution is 5.64. The van der Waals surface area contributed by atoms with Crippen molar-refractivity contribution in [2.45, 2.75) is 31.4 Å². The van der Waals surface area contributed by atoms with E-state index in [9.17, 15) is 4.79 Å². The highest BCUT2D eigenvalue weighted by Gasteiger charge is 2.25. The summed E-state index contributed by atoms with van der Waals surface area (Å²) in [6, 6.07) is -0.238. The van der Waals surface area contributed by atoms with Gasteiger partial charge < -0.3 is 15.5 Å². The lowest BCUT2D eigenvalue weighted by Crippen LogP contribution is -2.38. The van der Waals surface area contributed by atoms with E-state index in [0.29, 0.717) is 6.42 Å². The van der Waals surface area contributed by atoms with Crippen LogP contribution in [0.15, 0.2) is 0 Å². The minimum Gasteiger partial charge on any atom is -0.465 e. The van der Waals surface area contributed by atoms with Gasteiger partial charge in [-0.05, 0) is 19.3 Å². The third-order valence-corrected chi connectivity index (χ3v) is 1.79. The lowest BCUT2D eigenvalue weighted by atomic mass is 10.2. The second kappa shape index (κ2) is 2.88. The van der Waals surface area contributed by atoms with Crippen LogP contribution in [-0.2, 0) is 0 Å². The first-order valence-electron chi connectivity index (χ1n) is 3.37. The molecule has 0 aliphatic heterocycles. The van der Waals surface area contributed by atoms with Crippen LogP contribution in [-0.4, -0.2) is 28.5 Å². The summed E-state index contributed by atoms with van der Waals surface area (Å²) in [5.74, 6) is 0. The molecular weight excluding hydrogens is 134 g/mol. The Hall–Kier alpha value is -0.770. The van der Waals surface area contributed by atoms with Crippen molar-refractivity contribution in [1.82, 2.24) is 5.32 Å². The molecule has 0 spiro atoms. The molecule has 0 saturated heterocycles. The molecule has 4 heteroatoms. The van der Waals surface area contributed by atoms with Crippen LogP contribution in [0.1, 0.15) is 19.3 Å². The summed E-state index contributed by atoms with van der Waals surface area (Å²) in [5.41, 5.74) is 0. The van der Waals surface area contributed by atoms with Crippen LogP contribution in [0.2, 0.25) is 0 Å². The van der Waals surface area contributed by atoms with E-state index >= 15 is 0 Å². The number of aliphatic hydroxyl groups excluding tert-OH is 1. The SMILES string of the molecule is O=C(O)N[C@H]1CCC[C@@H]1O. The molecule has 0 aromatic carbocycles. The average Bonchev–Trinajstić information content (AvgIpc) is 2.15. The molecule has 1 rings (SSSR count). The monoisotopic (exact) mass is 145 g/mol. The van der Waals surface area contributed by atoms with E-state index in [4.69, 9.17) is 10.2 Å². The molecule has 10 heavy (non-hydrogen) atoms. The minimum atomic E-state index is -1.05. The number of nitrogens with one attached hydrogen (secondary N) is 1. The molecule has 0 radical (unpaired) electrons. The van der Waals surface area contributed by atoms with E-state index in [-0.39, 0.29) is 6.04 Å². The van der Waals surface area contributed by atoms with E-state index in [2.05, 4.69) is 5.32 Å². The van der Waals surface area contributed by atoms with Crippen LogP contribution in [0, 0.1) is 0 Å². The van der Waals surface area contributed by atoms with Crippen molar-refractivity contribution >= 4 is 6.09 Å². The molecule has 1 fully saturated rings. The number of amides is 1. The van der Waals surface area contributed by atoms with Crippen LogP contribution in [0.3, 0.4) is 0 Å². The quantitative estimate of drug-likeness (QED) is 0.492. The molecule has 3 N–H and O–H groups in total. The molecule has 1 aliphatic carbocycles. The molecule has 58 valence electrons. The topological polar surface area (TPSA) is 69.6 Å². The predicted molar refractivity (Wildman–Crippen MR) is 34.8 cm³/mol. The molecule has 1 aliphatic rings. The zero-order valence-corrected chi connectivity index (χ0v) is 5.58. The number of carbonyl (C=O) groups is 1. The second-order valence-corrected chi connectivity index (χ2v) is 2.55. The van der Waals surface area contributed by atoms with Crippen molar-refractivity contribution in [3.05, 3.63) is 0 Å². The van der Waals surface area contributed by atoms with Gasteiger partial charge in [-0.2, -0.15) is 0 Å². The molecule has 0 heterocycles. The number of aliphatic hydroxyl groups is 1. The van der Waals surface area contributed by atoms with E-state index in [1.54, 1.807) is 0 Å². The number of carboxylic acid groups (broad SMARTS) is 1. The lowest BCUT2D eigenvalue weighted by molar-refractivity contribution is 0.138. The first-order valence-corrected chi connectivity index (χ1v) is 3.37. The summed E-state index contributed by atoms with van der Waals surface area (Å²) in [5, 5.41) is 19.6. The molecule has 0 unspecified atom stereocenters. The third kappa shape index (κ3) is 1.60. The molecule has 1 saturated carbocycles. The summed E-state index contributed by atoms with van der Waals surface area (Å²) in [4.78, 5) is 10.1. The smallest absolute Gasteiger partial charge is 0.404 e. The van der Waals surface area contributed by atoms with Crippen molar-refractivity contribution in [3.8, 4) is 0 Å². The summed E-state index contributed by atoms with van der Waals surface area (Å²) in [6.07, 6.45) is 0.854. The van der Waals surface area contributed by atoms with E-state index in [0.717, 1.165) is 12.8 Å². The number of hydrogen-bond acceptors (Lipinski definition) is 2. The molecule has 2 atom stereocenters. The number of rotatable bonds is 1. The van der Waals surface area contributed by atoms with Crippen molar-refractivity contribution < 1.29 is 15.0 Å². The fourth-order valence-electron chi connectivity index (χ4n) is 1.27. The second-order valence-electron chi connectivity index (χ2n) is 2.55. The van der Waals surface area contributed by atoms with Gasteiger partial charge in [-0.15, -0.1) is 0 Å². The van der Waals surface area contributed by atoms with Gasteiger partial charge >= 0.3 is 6.09 Å². The molecular formula is C6H11NO3. The van der Waals surface area contributed by atoms with E-state index < -0.39 is 12.2 Å². The number of hydrogen-bond donors (Lipinski definition) is 3. The van der Waals surface area contributed by atoms with Crippen LogP contribution < -0.4 is 5.32 Å². The van der Waals surface area contributed by atoms with Crippen LogP contribution in [0.5, 0.6) is 0 Å². The molecule has 0 aromatic rings. The van der Waals surface area contributed by atoms with E-state index in [1.807, 2.05) is 0 Å². The summed E-state index contributed by atoms with van der Waals surface area (Å²) in [7, 11) is 0. The van der Waals surface area contributed by atoms with Gasteiger partial charge in [0.25, 0.3) is 0 Å². The zero-order chi connectivity index (χ0) is 7.56. The van der Waals surface area contributed by atoms with Gasteiger partial charge in [-0.25, -0.2) is 4.79 Å². The van der Waals surface area contributed by atoms with Crippen molar-refractivity contribution in [2.24, 2.45) is 0 Å². The Morgan fingerprint density at radius 2 is 2.20 bits per heavy atom. The van der Waals surface area contributed by atoms with Crippen molar-refractivity contribution in [3.63, 3.8) is 0 Å². The first kappa shape index (κ1) is 7.34. The Bertz CT molecular complexity index is 137. The highest BCUT2D eigenvalue weighted by Crippen LogP contribution is 2.18. The van der Waals surface area contributed by atoms with Gasteiger partial charge in [-0.1, -0.05) is 0 Å². The fraction of sp³-hybridized carbons (Fsp3) is 0.833. The van der Waals surface area contributed by atoms with Crippen LogP contribution >= 0.6 is 0 Å². The Morgan fingerprint density at radius 3 is 2.60 bits per heavy atom. The van der Waals surface area contributed by atoms with Gasteiger partial charge in [-0.3, -0.25) is 0 Å². The zero-order valence-electron chi connectivity index (χ0n) is 5.58. The van der Waals surface area contributed by atoms with Gasteiger partial charge in [0.05, 0.1) is 12.1 Å². The highest BCUT2D eigenvalue weighted by atomic mass is 16.4. The van der Waals surface area contributed by atoms with Gasteiger partial charge in [0.15, 0.2) is 0 Å². The largest absolute Gasteiger partial charge is 0.465 e. The maximum atomic E-state index is 10.1. The fourth-order valence-corrected chi connectivity index (χ4v) is 1.27. The minimum absolute atomic E-state index is 0.238. The Labute approximate surface area is 58.9 Å². The summed E-state index contributed by atoms with van der Waals surface area (Å²) < 4.78 is 0. The predicted octanol–water partition coefficient (Wildman–Crippen LogP) is 0.167. The lowest BCUT2D eigenvalue weighted by Gasteiger charge is -2.12.